The zero-order valence-electron chi connectivity index (χ0n) is 21.7. The first-order valence-corrected chi connectivity index (χ1v) is 14.6. The van der Waals surface area contributed by atoms with Gasteiger partial charge in [0.25, 0.3) is 5.91 Å². The van der Waals surface area contributed by atoms with Gasteiger partial charge in [0.05, 0.1) is 24.0 Å². The molecular weight excluding hydrogens is 546 g/mol. The Balaban J connectivity index is 1.29. The number of likely N-dealkylation sites (N-methyl/N-ethyl adjacent to an activating group) is 1. The van der Waals surface area contributed by atoms with E-state index in [2.05, 4.69) is 0 Å². The second-order valence-corrected chi connectivity index (χ2v) is 12.7. The Morgan fingerprint density at radius 2 is 1.77 bits per heavy atom. The lowest BCUT2D eigenvalue weighted by molar-refractivity contribution is -0.137. The highest BCUT2D eigenvalue weighted by Gasteiger charge is 2.42. The number of piperidine rings is 1. The molecule has 2 aromatic rings. The maximum Gasteiger partial charge on any atom is 0.407 e. The predicted octanol–water partition coefficient (Wildman–Crippen LogP) is 2.08. The quantitative estimate of drug-likeness (QED) is 0.556. The monoisotopic (exact) mass is 575 g/mol. The number of benzene rings is 2. The lowest BCUT2D eigenvalue weighted by atomic mass is 10.0. The highest BCUT2D eigenvalue weighted by molar-refractivity contribution is 7.91. The van der Waals surface area contributed by atoms with Gasteiger partial charge in [-0.15, -0.1) is 0 Å². The normalized spacial score (nSPS) is 18.9. The second kappa shape index (κ2) is 10.2. The van der Waals surface area contributed by atoms with Crippen LogP contribution < -0.4 is 0 Å². The number of hydrogen-bond acceptors (Lipinski definition) is 7. The molecule has 0 aliphatic carbocycles. The summed E-state index contributed by atoms with van der Waals surface area (Å²) in [6.45, 7) is 1.74. The summed E-state index contributed by atoms with van der Waals surface area (Å²) in [5.41, 5.74) is 0.668. The van der Waals surface area contributed by atoms with E-state index in [1.807, 2.05) is 27.9 Å². The van der Waals surface area contributed by atoms with Gasteiger partial charge < -0.3 is 24.7 Å². The van der Waals surface area contributed by atoms with Crippen LogP contribution in [0.2, 0.25) is 5.02 Å². The number of halogens is 1. The predicted molar refractivity (Wildman–Crippen MR) is 144 cm³/mol. The van der Waals surface area contributed by atoms with Gasteiger partial charge in [-0.1, -0.05) is 23.7 Å². The zero-order valence-corrected chi connectivity index (χ0v) is 23.2. The molecule has 3 aliphatic heterocycles. The molecule has 11 nitrogen and oxygen atoms in total. The molecule has 0 spiro atoms. The summed E-state index contributed by atoms with van der Waals surface area (Å²) in [5.74, 6) is -1.28. The van der Waals surface area contributed by atoms with E-state index in [0.29, 0.717) is 55.4 Å². The molecule has 0 radical (unpaired) electrons. The van der Waals surface area contributed by atoms with Crippen molar-refractivity contribution in [1.82, 2.24) is 24.5 Å². The molecule has 3 heterocycles. The van der Waals surface area contributed by atoms with Crippen LogP contribution in [0.5, 0.6) is 0 Å². The van der Waals surface area contributed by atoms with E-state index in [4.69, 9.17) is 11.6 Å². The number of amides is 3. The standard InChI is InChI=1S/C26H30ClN5O6S/c1-28-13-22-25(34)32(16-31(22)15-28)20-7-9-30(10-8-20)24(33)23(29(2)26(35)36)14-39(37,38)21-6-4-17-11-19(27)5-3-18(17)12-21/h3-6,11-13,20,23H,7-10,14-16H2,1-2H3,(H,35,36). The van der Waals surface area contributed by atoms with E-state index >= 15 is 0 Å². The summed E-state index contributed by atoms with van der Waals surface area (Å²) in [4.78, 5) is 46.3. The highest BCUT2D eigenvalue weighted by Crippen LogP contribution is 2.30. The molecule has 2 fully saturated rings. The molecule has 1 atom stereocenters. The van der Waals surface area contributed by atoms with Crippen LogP contribution in [0.4, 0.5) is 4.79 Å². The van der Waals surface area contributed by atoms with E-state index in [1.165, 1.54) is 24.1 Å². The fraction of sp³-hybridized carbons (Fsp3) is 0.423. The Labute approximate surface area is 231 Å². The van der Waals surface area contributed by atoms with Crippen molar-refractivity contribution in [2.24, 2.45) is 0 Å². The summed E-state index contributed by atoms with van der Waals surface area (Å²) in [6, 6.07) is 8.19. The number of carbonyl (C=O) groups is 3. The Bertz CT molecular complexity index is 1470. The van der Waals surface area contributed by atoms with Crippen LogP contribution in [0.15, 0.2) is 53.2 Å². The van der Waals surface area contributed by atoms with Gasteiger partial charge in [-0.3, -0.25) is 14.5 Å². The number of sulfone groups is 1. The molecule has 0 aromatic heterocycles. The van der Waals surface area contributed by atoms with Crippen molar-refractivity contribution < 1.29 is 27.9 Å². The van der Waals surface area contributed by atoms with Crippen LogP contribution in [0, 0.1) is 0 Å². The van der Waals surface area contributed by atoms with Crippen molar-refractivity contribution >= 4 is 50.1 Å². The molecule has 0 saturated carbocycles. The maximum absolute atomic E-state index is 13.5. The second-order valence-electron chi connectivity index (χ2n) is 10.3. The van der Waals surface area contributed by atoms with Crippen LogP contribution in [0.1, 0.15) is 12.8 Å². The maximum atomic E-state index is 13.5. The lowest BCUT2D eigenvalue weighted by Gasteiger charge is -2.38. The summed E-state index contributed by atoms with van der Waals surface area (Å²) in [7, 11) is -0.907. The molecule has 2 aromatic carbocycles. The Hall–Kier alpha value is -3.51. The van der Waals surface area contributed by atoms with E-state index in [1.54, 1.807) is 24.3 Å². The van der Waals surface area contributed by atoms with E-state index in [0.717, 1.165) is 10.3 Å². The molecule has 13 heteroatoms. The van der Waals surface area contributed by atoms with Gasteiger partial charge >= 0.3 is 6.09 Å². The summed E-state index contributed by atoms with van der Waals surface area (Å²) >= 11 is 6.02. The first-order valence-electron chi connectivity index (χ1n) is 12.6. The van der Waals surface area contributed by atoms with Crippen LogP contribution in [0.25, 0.3) is 10.8 Å². The molecule has 1 unspecified atom stereocenters. The third kappa shape index (κ3) is 5.22. The lowest BCUT2D eigenvalue weighted by Crippen LogP contribution is -2.55. The highest BCUT2D eigenvalue weighted by atomic mass is 35.5. The van der Waals surface area contributed by atoms with Crippen molar-refractivity contribution in [3.05, 3.63) is 53.3 Å². The number of carboxylic acid groups (broad SMARTS) is 1. The topological polar surface area (TPSA) is 122 Å². The third-order valence-electron chi connectivity index (χ3n) is 7.66. The van der Waals surface area contributed by atoms with Gasteiger partial charge in [0.2, 0.25) is 5.91 Å². The molecule has 3 aliphatic rings. The summed E-state index contributed by atoms with van der Waals surface area (Å²) in [5, 5.41) is 11.6. The number of rotatable bonds is 6. The summed E-state index contributed by atoms with van der Waals surface area (Å²) in [6.07, 6.45) is 1.49. The van der Waals surface area contributed by atoms with Crippen molar-refractivity contribution in [3.63, 3.8) is 0 Å². The van der Waals surface area contributed by atoms with Crippen LogP contribution in [-0.2, 0) is 19.4 Å². The average molecular weight is 576 g/mol. The molecule has 3 amide bonds. The molecule has 5 rings (SSSR count). The van der Waals surface area contributed by atoms with Crippen molar-refractivity contribution in [2.45, 2.75) is 29.8 Å². The van der Waals surface area contributed by atoms with Gasteiger partial charge in [-0.05, 0) is 47.9 Å². The molecule has 39 heavy (non-hydrogen) atoms. The number of carbonyl (C=O) groups excluding carboxylic acids is 2. The van der Waals surface area contributed by atoms with E-state index < -0.39 is 33.6 Å². The molecule has 0 bridgehead atoms. The van der Waals surface area contributed by atoms with Crippen LogP contribution >= 0.6 is 11.6 Å². The van der Waals surface area contributed by atoms with E-state index in [-0.39, 0.29) is 16.8 Å². The molecule has 208 valence electrons. The zero-order chi connectivity index (χ0) is 28.1. The van der Waals surface area contributed by atoms with Crippen molar-refractivity contribution in [3.8, 4) is 0 Å². The smallest absolute Gasteiger partial charge is 0.407 e. The van der Waals surface area contributed by atoms with Crippen molar-refractivity contribution in [1.29, 1.82) is 0 Å². The molecular formula is C26H30ClN5O6S. The number of hydrogen-bond donors (Lipinski definition) is 1. The van der Waals surface area contributed by atoms with Crippen molar-refractivity contribution in [2.75, 3.05) is 46.3 Å². The third-order valence-corrected chi connectivity index (χ3v) is 9.62. The average Bonchev–Trinajstić information content (AvgIpc) is 3.42. The fourth-order valence-corrected chi connectivity index (χ4v) is 7.18. The Kier molecular flexibility index (Phi) is 7.10. The number of likely N-dealkylation sites (tertiary alicyclic amines) is 1. The Morgan fingerprint density at radius 1 is 1.10 bits per heavy atom. The van der Waals surface area contributed by atoms with E-state index in [9.17, 15) is 27.9 Å². The van der Waals surface area contributed by atoms with Gasteiger partial charge in [-0.2, -0.15) is 0 Å². The summed E-state index contributed by atoms with van der Waals surface area (Å²) < 4.78 is 26.7. The molecule has 1 N–H and O–H groups in total. The van der Waals surface area contributed by atoms with Gasteiger partial charge in [0.1, 0.15) is 11.7 Å². The first kappa shape index (κ1) is 27.1. The number of nitrogens with zero attached hydrogens (tertiary/aromatic N) is 5. The van der Waals surface area contributed by atoms with Gasteiger partial charge in [0.15, 0.2) is 9.84 Å². The van der Waals surface area contributed by atoms with Gasteiger partial charge in [-0.25, -0.2) is 13.2 Å². The van der Waals surface area contributed by atoms with Crippen LogP contribution in [-0.4, -0.2) is 114 Å². The minimum atomic E-state index is -4.02. The Morgan fingerprint density at radius 3 is 2.44 bits per heavy atom. The molecule has 2 saturated heterocycles. The van der Waals surface area contributed by atoms with Crippen LogP contribution in [0.3, 0.4) is 0 Å². The fourth-order valence-electron chi connectivity index (χ4n) is 5.45. The minimum absolute atomic E-state index is 0.000614. The number of fused-ring (bicyclic) bond motifs is 2. The minimum Gasteiger partial charge on any atom is -0.465 e. The van der Waals surface area contributed by atoms with Gasteiger partial charge in [0, 0.05) is 44.4 Å². The largest absolute Gasteiger partial charge is 0.465 e. The first-order chi connectivity index (χ1) is 18.4. The SMILES string of the molecule is CN1C=C2C(=O)N(C3CCN(C(=O)C(CS(=O)(=O)c4ccc5cc(Cl)ccc5c4)N(C)C(=O)O)CC3)CN2C1.